The molecule has 0 radical (unpaired) electrons. The fraction of sp³-hybridized carbons (Fsp3) is 0.222. The summed E-state index contributed by atoms with van der Waals surface area (Å²) in [4.78, 5) is 28.3. The van der Waals surface area contributed by atoms with Crippen LogP contribution in [0.5, 0.6) is 0 Å². The molecule has 3 aromatic rings. The van der Waals surface area contributed by atoms with Crippen LogP contribution in [0.4, 0.5) is 0 Å². The van der Waals surface area contributed by atoms with Crippen LogP contribution < -0.4 is 16.6 Å². The Kier molecular flexibility index (Phi) is 4.82. The topological polar surface area (TPSA) is 129 Å². The van der Waals surface area contributed by atoms with Gasteiger partial charge in [-0.1, -0.05) is 37.3 Å². The molecule has 0 saturated carbocycles. The highest BCUT2D eigenvalue weighted by molar-refractivity contribution is 5.81. The standard InChI is InChI=1S/C18H18N6O2/c1-11(12-5-3-2-4-6-12)16(17(20)26)21-10-14-7-15(25)24-18(23-14)13(8-19)9-22-24/h2-7,9,11,16,21-22H,10H2,1H3,(H2,20,26). The Morgan fingerprint density at radius 2 is 2.15 bits per heavy atom. The Morgan fingerprint density at radius 3 is 2.81 bits per heavy atom. The number of rotatable bonds is 6. The molecule has 2 heterocycles. The molecule has 0 aliphatic heterocycles. The van der Waals surface area contributed by atoms with E-state index in [9.17, 15) is 9.59 Å². The summed E-state index contributed by atoms with van der Waals surface area (Å²) in [5.74, 6) is -0.640. The van der Waals surface area contributed by atoms with Crippen molar-refractivity contribution in [2.75, 3.05) is 0 Å². The molecule has 8 nitrogen and oxygen atoms in total. The van der Waals surface area contributed by atoms with Crippen molar-refractivity contribution >= 4 is 11.6 Å². The monoisotopic (exact) mass is 350 g/mol. The van der Waals surface area contributed by atoms with E-state index in [1.165, 1.54) is 16.8 Å². The smallest absolute Gasteiger partial charge is 0.272 e. The average molecular weight is 350 g/mol. The first-order valence-corrected chi connectivity index (χ1v) is 8.09. The first kappa shape index (κ1) is 17.4. The van der Waals surface area contributed by atoms with E-state index >= 15 is 0 Å². The van der Waals surface area contributed by atoms with Gasteiger partial charge in [0.2, 0.25) is 5.91 Å². The summed E-state index contributed by atoms with van der Waals surface area (Å²) in [5.41, 5.74) is 7.15. The minimum Gasteiger partial charge on any atom is -0.368 e. The van der Waals surface area contributed by atoms with Gasteiger partial charge in [0.05, 0.1) is 11.7 Å². The Bertz CT molecular complexity index is 1030. The first-order valence-electron chi connectivity index (χ1n) is 8.09. The van der Waals surface area contributed by atoms with Crippen molar-refractivity contribution in [1.29, 1.82) is 5.26 Å². The number of fused-ring (bicyclic) bond motifs is 1. The van der Waals surface area contributed by atoms with Gasteiger partial charge in [-0.3, -0.25) is 20.0 Å². The van der Waals surface area contributed by atoms with E-state index in [1.54, 1.807) is 0 Å². The van der Waals surface area contributed by atoms with Crippen molar-refractivity contribution in [1.82, 2.24) is 19.9 Å². The number of nitriles is 1. The van der Waals surface area contributed by atoms with Gasteiger partial charge >= 0.3 is 0 Å². The normalized spacial score (nSPS) is 13.2. The van der Waals surface area contributed by atoms with Crippen molar-refractivity contribution in [3.8, 4) is 6.07 Å². The Labute approximate surface area is 149 Å². The molecule has 0 bridgehead atoms. The van der Waals surface area contributed by atoms with Crippen LogP contribution in [-0.2, 0) is 11.3 Å². The van der Waals surface area contributed by atoms with Crippen LogP contribution >= 0.6 is 0 Å². The molecule has 2 aromatic heterocycles. The van der Waals surface area contributed by atoms with Gasteiger partial charge in [0, 0.05) is 24.7 Å². The Morgan fingerprint density at radius 1 is 1.42 bits per heavy atom. The summed E-state index contributed by atoms with van der Waals surface area (Å²) in [6.07, 6.45) is 1.42. The van der Waals surface area contributed by atoms with Gasteiger partial charge in [-0.25, -0.2) is 9.50 Å². The SMILES string of the molecule is CC(c1ccccc1)C(NCc1cc(=O)n2[nH]cc(C#N)c2n1)C(N)=O. The number of amides is 1. The third-order valence-electron chi connectivity index (χ3n) is 4.31. The van der Waals surface area contributed by atoms with Crippen LogP contribution in [0.3, 0.4) is 0 Å². The number of aromatic nitrogens is 3. The lowest BCUT2D eigenvalue weighted by atomic mass is 9.93. The first-order chi connectivity index (χ1) is 12.5. The highest BCUT2D eigenvalue weighted by Crippen LogP contribution is 2.19. The van der Waals surface area contributed by atoms with Gasteiger partial charge < -0.3 is 5.73 Å². The maximum absolute atomic E-state index is 12.1. The highest BCUT2D eigenvalue weighted by atomic mass is 16.1. The molecular formula is C18H18N6O2. The molecule has 1 aromatic carbocycles. The van der Waals surface area contributed by atoms with E-state index in [0.717, 1.165) is 5.56 Å². The van der Waals surface area contributed by atoms with Gasteiger partial charge in [0.15, 0.2) is 5.65 Å². The van der Waals surface area contributed by atoms with Crippen molar-refractivity contribution in [2.24, 2.45) is 5.73 Å². The lowest BCUT2D eigenvalue weighted by molar-refractivity contribution is -0.120. The fourth-order valence-corrected chi connectivity index (χ4v) is 2.89. The molecule has 0 fully saturated rings. The highest BCUT2D eigenvalue weighted by Gasteiger charge is 2.24. The minimum absolute atomic E-state index is 0.152. The van der Waals surface area contributed by atoms with Crippen LogP contribution in [0.25, 0.3) is 5.65 Å². The zero-order valence-electron chi connectivity index (χ0n) is 14.1. The number of carbonyl (C=O) groups is 1. The molecule has 0 saturated heterocycles. The maximum atomic E-state index is 12.1. The Hall–Kier alpha value is -3.44. The van der Waals surface area contributed by atoms with Gasteiger partial charge in [-0.2, -0.15) is 5.26 Å². The molecule has 1 amide bonds. The van der Waals surface area contributed by atoms with Crippen LogP contribution in [0, 0.1) is 11.3 Å². The van der Waals surface area contributed by atoms with Gasteiger partial charge in [-0.15, -0.1) is 0 Å². The van der Waals surface area contributed by atoms with Crippen LogP contribution in [0.2, 0.25) is 0 Å². The minimum atomic E-state index is -0.626. The van der Waals surface area contributed by atoms with Crippen LogP contribution in [0.1, 0.15) is 29.7 Å². The predicted molar refractivity (Wildman–Crippen MR) is 95.2 cm³/mol. The molecule has 26 heavy (non-hydrogen) atoms. The fourth-order valence-electron chi connectivity index (χ4n) is 2.89. The van der Waals surface area contributed by atoms with Crippen molar-refractivity contribution in [2.45, 2.75) is 25.4 Å². The van der Waals surface area contributed by atoms with E-state index in [1.807, 2.05) is 43.3 Å². The number of nitrogens with two attached hydrogens (primary N) is 1. The maximum Gasteiger partial charge on any atom is 0.272 e. The van der Waals surface area contributed by atoms with E-state index in [-0.39, 0.29) is 29.2 Å². The Balaban J connectivity index is 1.84. The van der Waals surface area contributed by atoms with Crippen molar-refractivity contribution < 1.29 is 4.79 Å². The number of primary amides is 1. The summed E-state index contributed by atoms with van der Waals surface area (Å²) in [5, 5.41) is 14.9. The second-order valence-electron chi connectivity index (χ2n) is 6.00. The number of hydrogen-bond acceptors (Lipinski definition) is 5. The van der Waals surface area contributed by atoms with Crippen LogP contribution in [-0.4, -0.2) is 26.5 Å². The summed E-state index contributed by atoms with van der Waals surface area (Å²) in [6.45, 7) is 2.08. The zero-order chi connectivity index (χ0) is 18.7. The lowest BCUT2D eigenvalue weighted by Gasteiger charge is -2.22. The quantitative estimate of drug-likeness (QED) is 0.601. The van der Waals surface area contributed by atoms with Gasteiger partial charge in [0.1, 0.15) is 11.6 Å². The second-order valence-corrected chi connectivity index (χ2v) is 6.00. The number of aromatic amines is 1. The second kappa shape index (κ2) is 7.21. The molecule has 4 N–H and O–H groups in total. The third kappa shape index (κ3) is 3.34. The van der Waals surface area contributed by atoms with Crippen molar-refractivity contribution in [3.05, 3.63) is 69.8 Å². The van der Waals surface area contributed by atoms with E-state index in [4.69, 9.17) is 11.0 Å². The lowest BCUT2D eigenvalue weighted by Crippen LogP contribution is -2.44. The number of benzene rings is 1. The molecule has 0 spiro atoms. The molecule has 2 atom stereocenters. The molecule has 0 aliphatic carbocycles. The zero-order valence-corrected chi connectivity index (χ0v) is 14.1. The van der Waals surface area contributed by atoms with Crippen molar-refractivity contribution in [3.63, 3.8) is 0 Å². The number of carbonyl (C=O) groups excluding carboxylic acids is 1. The summed E-state index contributed by atoms with van der Waals surface area (Å²) >= 11 is 0. The molecule has 3 rings (SSSR count). The molecule has 2 unspecified atom stereocenters. The third-order valence-corrected chi connectivity index (χ3v) is 4.31. The van der Waals surface area contributed by atoms with Gasteiger partial charge in [0.25, 0.3) is 5.56 Å². The summed E-state index contributed by atoms with van der Waals surface area (Å²) < 4.78 is 1.19. The average Bonchev–Trinajstić information content (AvgIpc) is 3.05. The summed E-state index contributed by atoms with van der Waals surface area (Å²) in [7, 11) is 0. The van der Waals surface area contributed by atoms with Crippen LogP contribution in [0.15, 0.2) is 47.4 Å². The molecule has 0 aliphatic rings. The number of nitrogens with zero attached hydrogens (tertiary/aromatic N) is 3. The largest absolute Gasteiger partial charge is 0.368 e. The van der Waals surface area contributed by atoms with E-state index < -0.39 is 11.9 Å². The predicted octanol–water partition coefficient (Wildman–Crippen LogP) is 0.641. The number of hydrogen-bond donors (Lipinski definition) is 3. The summed E-state index contributed by atoms with van der Waals surface area (Å²) in [6, 6.07) is 12.3. The van der Waals surface area contributed by atoms with E-state index in [2.05, 4.69) is 15.4 Å². The van der Waals surface area contributed by atoms with E-state index in [0.29, 0.717) is 5.69 Å². The van der Waals surface area contributed by atoms with Gasteiger partial charge in [-0.05, 0) is 5.56 Å². The number of H-pyrrole nitrogens is 1. The molecule has 8 heteroatoms. The molecular weight excluding hydrogens is 332 g/mol. The molecule has 132 valence electrons. The number of nitrogens with one attached hydrogen (secondary N) is 2.